The molecule has 1 saturated heterocycles. The Morgan fingerprint density at radius 2 is 2.10 bits per heavy atom. The summed E-state index contributed by atoms with van der Waals surface area (Å²) < 4.78 is 10.3. The van der Waals surface area contributed by atoms with Gasteiger partial charge >= 0.3 is 6.09 Å². The molecular weight excluding hydrogens is 258 g/mol. The number of imide groups is 1. The Kier molecular flexibility index (Phi) is 4.74. The van der Waals surface area contributed by atoms with Crippen molar-refractivity contribution in [1.82, 2.24) is 4.90 Å². The smallest absolute Gasteiger partial charge is 0.417 e. The van der Waals surface area contributed by atoms with Gasteiger partial charge in [0.25, 0.3) is 5.91 Å². The molecule has 2 rings (SSSR count). The molecule has 5 nitrogen and oxygen atoms in total. The minimum Gasteiger partial charge on any atom is -0.447 e. The van der Waals surface area contributed by atoms with E-state index in [1.165, 1.54) is 4.90 Å². The van der Waals surface area contributed by atoms with Gasteiger partial charge in [0, 0.05) is 0 Å². The van der Waals surface area contributed by atoms with E-state index in [1.54, 1.807) is 0 Å². The molecule has 0 bridgehead atoms. The van der Waals surface area contributed by atoms with E-state index in [0.717, 1.165) is 5.56 Å². The van der Waals surface area contributed by atoms with Crippen molar-refractivity contribution in [3.05, 3.63) is 35.9 Å². The number of carbonyl (C=O) groups is 2. The summed E-state index contributed by atoms with van der Waals surface area (Å²) in [6.45, 7) is 3.83. The highest BCUT2D eigenvalue weighted by Gasteiger charge is 2.37. The summed E-state index contributed by atoms with van der Waals surface area (Å²) >= 11 is 0. The zero-order valence-electron chi connectivity index (χ0n) is 11.7. The maximum absolute atomic E-state index is 12.1. The van der Waals surface area contributed by atoms with Crippen molar-refractivity contribution in [2.24, 2.45) is 0 Å². The number of nitrogens with zero attached hydrogens (tertiary/aromatic N) is 1. The van der Waals surface area contributed by atoms with Gasteiger partial charge in [-0.05, 0) is 25.8 Å². The molecule has 0 saturated carbocycles. The van der Waals surface area contributed by atoms with Crippen LogP contribution in [0, 0.1) is 0 Å². The molecule has 0 radical (unpaired) electrons. The minimum atomic E-state index is -0.580. The predicted octanol–water partition coefficient (Wildman–Crippen LogP) is 2.00. The third kappa shape index (κ3) is 3.57. The lowest BCUT2D eigenvalue weighted by atomic mass is 10.1. The molecule has 1 fully saturated rings. The summed E-state index contributed by atoms with van der Waals surface area (Å²) in [5.74, 6) is -0.345. The maximum Gasteiger partial charge on any atom is 0.417 e. The van der Waals surface area contributed by atoms with Crippen LogP contribution in [0.25, 0.3) is 0 Å². The molecule has 1 aliphatic rings. The summed E-state index contributed by atoms with van der Waals surface area (Å²) in [6, 6.07) is 9.47. The molecule has 1 aromatic carbocycles. The fourth-order valence-corrected chi connectivity index (χ4v) is 2.11. The highest BCUT2D eigenvalue weighted by molar-refractivity contribution is 5.94. The van der Waals surface area contributed by atoms with Gasteiger partial charge in [0.05, 0.1) is 12.1 Å². The largest absolute Gasteiger partial charge is 0.447 e. The molecule has 108 valence electrons. The first-order valence-corrected chi connectivity index (χ1v) is 6.72. The molecular formula is C15H19NO4. The molecule has 2 amide bonds. The summed E-state index contributed by atoms with van der Waals surface area (Å²) in [7, 11) is 0. The molecule has 5 heteroatoms. The van der Waals surface area contributed by atoms with Crippen LogP contribution in [0.1, 0.15) is 19.4 Å². The predicted molar refractivity (Wildman–Crippen MR) is 73.2 cm³/mol. The molecule has 0 N–H and O–H groups in total. The molecule has 0 spiro atoms. The molecule has 0 aliphatic carbocycles. The Morgan fingerprint density at radius 3 is 2.75 bits per heavy atom. The average molecular weight is 277 g/mol. The van der Waals surface area contributed by atoms with Crippen LogP contribution >= 0.6 is 0 Å². The SMILES string of the molecule is CC(C)OCC(=O)N1C(=O)OCC1Cc1ccccc1. The molecule has 1 atom stereocenters. The standard InChI is InChI=1S/C15H19NO4/c1-11(2)19-10-14(17)16-13(9-20-15(16)18)8-12-6-4-3-5-7-12/h3-7,11,13H,8-10H2,1-2H3. The number of amides is 2. The quantitative estimate of drug-likeness (QED) is 0.826. The summed E-state index contributed by atoms with van der Waals surface area (Å²) in [6.07, 6.45) is -0.0339. The average Bonchev–Trinajstić information content (AvgIpc) is 2.78. The van der Waals surface area contributed by atoms with Crippen LogP contribution < -0.4 is 0 Å². The second kappa shape index (κ2) is 6.52. The second-order valence-corrected chi connectivity index (χ2v) is 5.04. The van der Waals surface area contributed by atoms with E-state index in [1.807, 2.05) is 44.2 Å². The van der Waals surface area contributed by atoms with Crippen molar-refractivity contribution >= 4 is 12.0 Å². The number of rotatable bonds is 5. The lowest BCUT2D eigenvalue weighted by Gasteiger charge is -2.20. The topological polar surface area (TPSA) is 55.8 Å². The van der Waals surface area contributed by atoms with Gasteiger partial charge in [-0.25, -0.2) is 9.69 Å². The first kappa shape index (κ1) is 14.5. The fraction of sp³-hybridized carbons (Fsp3) is 0.467. The van der Waals surface area contributed by atoms with E-state index in [9.17, 15) is 9.59 Å². The normalized spacial score (nSPS) is 18.4. The van der Waals surface area contributed by atoms with Gasteiger partial charge in [-0.3, -0.25) is 4.79 Å². The van der Waals surface area contributed by atoms with E-state index in [2.05, 4.69) is 0 Å². The van der Waals surface area contributed by atoms with Crippen molar-refractivity contribution in [3.63, 3.8) is 0 Å². The third-order valence-electron chi connectivity index (χ3n) is 3.08. The number of cyclic esters (lactones) is 1. The van der Waals surface area contributed by atoms with Crippen LogP contribution in [0.15, 0.2) is 30.3 Å². The molecule has 1 heterocycles. The highest BCUT2D eigenvalue weighted by atomic mass is 16.6. The van der Waals surface area contributed by atoms with E-state index in [-0.39, 0.29) is 31.3 Å². The van der Waals surface area contributed by atoms with Gasteiger partial charge in [0.2, 0.25) is 0 Å². The van der Waals surface area contributed by atoms with E-state index < -0.39 is 6.09 Å². The van der Waals surface area contributed by atoms with Gasteiger partial charge in [-0.2, -0.15) is 0 Å². The zero-order valence-corrected chi connectivity index (χ0v) is 11.7. The highest BCUT2D eigenvalue weighted by Crippen LogP contribution is 2.17. The number of carbonyl (C=O) groups excluding carboxylic acids is 2. The lowest BCUT2D eigenvalue weighted by molar-refractivity contribution is -0.135. The minimum absolute atomic E-state index is 0.0508. The van der Waals surface area contributed by atoms with Gasteiger partial charge in [0.1, 0.15) is 13.2 Å². The Bertz CT molecular complexity index is 472. The monoisotopic (exact) mass is 277 g/mol. The first-order chi connectivity index (χ1) is 9.58. The number of benzene rings is 1. The lowest BCUT2D eigenvalue weighted by Crippen LogP contribution is -2.42. The summed E-state index contributed by atoms with van der Waals surface area (Å²) in [5, 5.41) is 0. The number of hydrogen-bond acceptors (Lipinski definition) is 4. The first-order valence-electron chi connectivity index (χ1n) is 6.72. The number of ether oxygens (including phenoxy) is 2. The molecule has 20 heavy (non-hydrogen) atoms. The van der Waals surface area contributed by atoms with Crippen molar-refractivity contribution in [2.45, 2.75) is 32.4 Å². The number of hydrogen-bond donors (Lipinski definition) is 0. The van der Waals surface area contributed by atoms with Crippen LogP contribution in [0.3, 0.4) is 0 Å². The second-order valence-electron chi connectivity index (χ2n) is 5.04. The van der Waals surface area contributed by atoms with E-state index >= 15 is 0 Å². The van der Waals surface area contributed by atoms with Crippen molar-refractivity contribution in [1.29, 1.82) is 0 Å². The van der Waals surface area contributed by atoms with Crippen LogP contribution in [0.5, 0.6) is 0 Å². The van der Waals surface area contributed by atoms with Gasteiger partial charge < -0.3 is 9.47 Å². The molecule has 1 aromatic rings. The van der Waals surface area contributed by atoms with Crippen LogP contribution in [-0.4, -0.2) is 42.3 Å². The Balaban J connectivity index is 2.01. The van der Waals surface area contributed by atoms with Crippen LogP contribution in [-0.2, 0) is 20.7 Å². The van der Waals surface area contributed by atoms with Crippen molar-refractivity contribution < 1.29 is 19.1 Å². The Labute approximate surface area is 118 Å². The fourth-order valence-electron chi connectivity index (χ4n) is 2.11. The van der Waals surface area contributed by atoms with Crippen LogP contribution in [0.4, 0.5) is 4.79 Å². The summed E-state index contributed by atoms with van der Waals surface area (Å²) in [4.78, 5) is 24.9. The van der Waals surface area contributed by atoms with Crippen molar-refractivity contribution in [3.8, 4) is 0 Å². The Morgan fingerprint density at radius 1 is 1.40 bits per heavy atom. The Hall–Kier alpha value is -1.88. The van der Waals surface area contributed by atoms with Gasteiger partial charge in [0.15, 0.2) is 0 Å². The molecule has 1 aliphatic heterocycles. The third-order valence-corrected chi connectivity index (χ3v) is 3.08. The van der Waals surface area contributed by atoms with Gasteiger partial charge in [-0.1, -0.05) is 30.3 Å². The van der Waals surface area contributed by atoms with E-state index in [0.29, 0.717) is 6.42 Å². The van der Waals surface area contributed by atoms with Crippen LogP contribution in [0.2, 0.25) is 0 Å². The van der Waals surface area contributed by atoms with E-state index in [4.69, 9.17) is 9.47 Å². The molecule has 0 aromatic heterocycles. The molecule has 1 unspecified atom stereocenters. The van der Waals surface area contributed by atoms with Crippen molar-refractivity contribution in [2.75, 3.05) is 13.2 Å². The van der Waals surface area contributed by atoms with Gasteiger partial charge in [-0.15, -0.1) is 0 Å². The maximum atomic E-state index is 12.1. The summed E-state index contributed by atoms with van der Waals surface area (Å²) in [5.41, 5.74) is 1.07. The zero-order chi connectivity index (χ0) is 14.5.